The lowest BCUT2D eigenvalue weighted by Crippen LogP contribution is -2.33. The summed E-state index contributed by atoms with van der Waals surface area (Å²) in [7, 11) is 0. The van der Waals surface area contributed by atoms with E-state index in [1.54, 1.807) is 0 Å². The summed E-state index contributed by atoms with van der Waals surface area (Å²) in [5.74, 6) is 1.62. The van der Waals surface area contributed by atoms with E-state index in [2.05, 4.69) is 22.8 Å². The lowest BCUT2D eigenvalue weighted by Gasteiger charge is -2.22. The van der Waals surface area contributed by atoms with Gasteiger partial charge in [0.15, 0.2) is 11.5 Å². The van der Waals surface area contributed by atoms with Gasteiger partial charge in [-0.25, -0.2) is 0 Å². The fourth-order valence-electron chi connectivity index (χ4n) is 3.43. The Labute approximate surface area is 152 Å². The molecule has 0 saturated heterocycles. The summed E-state index contributed by atoms with van der Waals surface area (Å²) in [4.78, 5) is 14.8. The predicted octanol–water partition coefficient (Wildman–Crippen LogP) is 3.73. The summed E-state index contributed by atoms with van der Waals surface area (Å²) in [6.45, 7) is 5.87. The van der Waals surface area contributed by atoms with Crippen molar-refractivity contribution < 1.29 is 14.3 Å². The lowest BCUT2D eigenvalue weighted by atomic mass is 10.2. The Morgan fingerprint density at radius 1 is 1.12 bits per heavy atom. The van der Waals surface area contributed by atoms with Gasteiger partial charge in [-0.1, -0.05) is 24.3 Å². The van der Waals surface area contributed by atoms with E-state index in [4.69, 9.17) is 9.47 Å². The number of fused-ring (bicyclic) bond motifs is 2. The van der Waals surface area contributed by atoms with Crippen LogP contribution in [0.15, 0.2) is 48.5 Å². The highest BCUT2D eigenvalue weighted by Gasteiger charge is 2.18. The number of likely N-dealkylation sites (N-methyl/N-ethyl adjacent to an activating group) is 1. The third kappa shape index (κ3) is 3.01. The molecule has 0 radical (unpaired) electrons. The first-order chi connectivity index (χ1) is 12.7. The molecular weight excluding hydrogens is 328 g/mol. The van der Waals surface area contributed by atoms with E-state index in [0.29, 0.717) is 19.6 Å². The average molecular weight is 350 g/mol. The van der Waals surface area contributed by atoms with Gasteiger partial charge in [0, 0.05) is 24.3 Å². The highest BCUT2D eigenvalue weighted by Crippen LogP contribution is 2.32. The first kappa shape index (κ1) is 16.5. The summed E-state index contributed by atoms with van der Waals surface area (Å²) in [6.07, 6.45) is 0. The smallest absolute Gasteiger partial charge is 0.242 e. The van der Waals surface area contributed by atoms with Gasteiger partial charge in [0.2, 0.25) is 12.7 Å². The van der Waals surface area contributed by atoms with Gasteiger partial charge in [-0.3, -0.25) is 4.79 Å². The molecule has 134 valence electrons. The first-order valence-electron chi connectivity index (χ1n) is 8.87. The van der Waals surface area contributed by atoms with Crippen LogP contribution in [0.3, 0.4) is 0 Å². The van der Waals surface area contributed by atoms with Gasteiger partial charge in [0.05, 0.1) is 0 Å². The van der Waals surface area contributed by atoms with Crippen LogP contribution in [-0.4, -0.2) is 28.7 Å². The van der Waals surface area contributed by atoms with Crippen molar-refractivity contribution in [2.75, 3.05) is 13.3 Å². The number of amides is 1. The number of nitrogens with zero attached hydrogens (tertiary/aromatic N) is 2. The van der Waals surface area contributed by atoms with E-state index < -0.39 is 0 Å². The molecule has 5 heteroatoms. The van der Waals surface area contributed by atoms with Crippen LogP contribution in [0.5, 0.6) is 11.5 Å². The number of aromatic nitrogens is 1. The highest BCUT2D eigenvalue weighted by molar-refractivity contribution is 5.84. The molecule has 1 aliphatic rings. The van der Waals surface area contributed by atoms with Crippen molar-refractivity contribution in [2.24, 2.45) is 0 Å². The summed E-state index contributed by atoms with van der Waals surface area (Å²) >= 11 is 0. The van der Waals surface area contributed by atoms with Gasteiger partial charge in [-0.15, -0.1) is 0 Å². The van der Waals surface area contributed by atoms with Gasteiger partial charge in [-0.2, -0.15) is 0 Å². The monoisotopic (exact) mass is 350 g/mol. The molecule has 0 saturated carbocycles. The largest absolute Gasteiger partial charge is 0.454 e. The third-order valence-electron chi connectivity index (χ3n) is 4.86. The molecule has 1 aromatic heterocycles. The molecule has 0 fully saturated rings. The summed E-state index contributed by atoms with van der Waals surface area (Å²) < 4.78 is 12.9. The van der Waals surface area contributed by atoms with Crippen molar-refractivity contribution >= 4 is 16.8 Å². The molecule has 0 spiro atoms. The van der Waals surface area contributed by atoms with Gasteiger partial charge < -0.3 is 18.9 Å². The Morgan fingerprint density at radius 3 is 2.77 bits per heavy atom. The van der Waals surface area contributed by atoms with Crippen molar-refractivity contribution in [3.63, 3.8) is 0 Å². The maximum Gasteiger partial charge on any atom is 0.242 e. The molecule has 0 aliphatic carbocycles. The molecule has 4 rings (SSSR count). The van der Waals surface area contributed by atoms with Gasteiger partial charge >= 0.3 is 0 Å². The van der Waals surface area contributed by atoms with Crippen LogP contribution in [0.25, 0.3) is 10.9 Å². The van der Waals surface area contributed by atoms with Crippen molar-refractivity contribution in [2.45, 2.75) is 26.9 Å². The Morgan fingerprint density at radius 2 is 1.92 bits per heavy atom. The third-order valence-corrected chi connectivity index (χ3v) is 4.86. The normalized spacial score (nSPS) is 12.5. The Bertz CT molecular complexity index is 961. The molecule has 0 atom stereocenters. The number of aryl methyl sites for hydroxylation is 1. The maximum absolute atomic E-state index is 12.9. The number of ether oxygens (including phenoxy) is 2. The van der Waals surface area contributed by atoms with Crippen molar-refractivity contribution in [3.8, 4) is 11.5 Å². The number of hydrogen-bond acceptors (Lipinski definition) is 3. The highest BCUT2D eigenvalue weighted by atomic mass is 16.7. The molecule has 5 nitrogen and oxygen atoms in total. The molecule has 0 N–H and O–H groups in total. The van der Waals surface area contributed by atoms with E-state index in [9.17, 15) is 4.79 Å². The predicted molar refractivity (Wildman–Crippen MR) is 100 cm³/mol. The average Bonchev–Trinajstić information content (AvgIpc) is 3.23. The van der Waals surface area contributed by atoms with Gasteiger partial charge in [0.25, 0.3) is 0 Å². The van der Waals surface area contributed by atoms with E-state index in [0.717, 1.165) is 33.7 Å². The molecular formula is C21H22N2O3. The standard InChI is InChI=1S/C21H22N2O3/c1-3-22(12-16-8-9-19-20(11-16)26-14-25-19)21(24)13-23-15(2)10-17-6-4-5-7-18(17)23/h4-11H,3,12-14H2,1-2H3. The van der Waals surface area contributed by atoms with Crippen molar-refractivity contribution in [3.05, 3.63) is 59.8 Å². The van der Waals surface area contributed by atoms with Crippen molar-refractivity contribution in [1.82, 2.24) is 9.47 Å². The molecule has 1 amide bonds. The van der Waals surface area contributed by atoms with Crippen LogP contribution in [-0.2, 0) is 17.9 Å². The zero-order valence-corrected chi connectivity index (χ0v) is 15.1. The second-order valence-electron chi connectivity index (χ2n) is 6.53. The number of para-hydroxylation sites is 1. The van der Waals surface area contributed by atoms with Crippen LogP contribution in [0, 0.1) is 6.92 Å². The zero-order chi connectivity index (χ0) is 18.1. The molecule has 2 aromatic carbocycles. The van der Waals surface area contributed by atoms with E-state index >= 15 is 0 Å². The minimum atomic E-state index is 0.106. The Kier molecular flexibility index (Phi) is 4.29. The van der Waals surface area contributed by atoms with E-state index in [-0.39, 0.29) is 12.7 Å². The molecule has 2 heterocycles. The number of rotatable bonds is 5. The fourth-order valence-corrected chi connectivity index (χ4v) is 3.43. The fraction of sp³-hybridized carbons (Fsp3) is 0.286. The van der Waals surface area contributed by atoms with Crippen LogP contribution in [0.1, 0.15) is 18.2 Å². The Hall–Kier alpha value is -2.95. The molecule has 3 aromatic rings. The van der Waals surface area contributed by atoms with Crippen LogP contribution >= 0.6 is 0 Å². The van der Waals surface area contributed by atoms with Gasteiger partial charge in [-0.05, 0) is 49.1 Å². The maximum atomic E-state index is 12.9. The number of benzene rings is 2. The van der Waals surface area contributed by atoms with E-state index in [1.165, 1.54) is 0 Å². The minimum absolute atomic E-state index is 0.106. The van der Waals surface area contributed by atoms with Crippen LogP contribution in [0.2, 0.25) is 0 Å². The quantitative estimate of drug-likeness (QED) is 0.704. The second-order valence-corrected chi connectivity index (χ2v) is 6.53. The molecule has 26 heavy (non-hydrogen) atoms. The number of hydrogen-bond donors (Lipinski definition) is 0. The SMILES string of the molecule is CCN(Cc1ccc2c(c1)OCO2)C(=O)Cn1c(C)cc2ccccc21. The van der Waals surface area contributed by atoms with Gasteiger partial charge in [0.1, 0.15) is 6.54 Å². The molecule has 1 aliphatic heterocycles. The number of carbonyl (C=O) groups is 1. The lowest BCUT2D eigenvalue weighted by molar-refractivity contribution is -0.132. The Balaban J connectivity index is 1.53. The van der Waals surface area contributed by atoms with Crippen LogP contribution < -0.4 is 9.47 Å². The summed E-state index contributed by atoms with van der Waals surface area (Å²) in [5, 5.41) is 1.16. The second kappa shape index (κ2) is 6.75. The first-order valence-corrected chi connectivity index (χ1v) is 8.87. The summed E-state index contributed by atoms with van der Waals surface area (Å²) in [6, 6.07) is 16.1. The minimum Gasteiger partial charge on any atom is -0.454 e. The van der Waals surface area contributed by atoms with E-state index in [1.807, 2.05) is 49.1 Å². The topological polar surface area (TPSA) is 43.7 Å². The van der Waals surface area contributed by atoms with Crippen molar-refractivity contribution in [1.29, 1.82) is 0 Å². The van der Waals surface area contributed by atoms with Crippen LogP contribution in [0.4, 0.5) is 0 Å². The number of carbonyl (C=O) groups excluding carboxylic acids is 1. The molecule has 0 unspecified atom stereocenters. The zero-order valence-electron chi connectivity index (χ0n) is 15.1. The summed E-state index contributed by atoms with van der Waals surface area (Å²) in [5.41, 5.74) is 3.23. The molecule has 0 bridgehead atoms.